The largest absolute Gasteiger partial charge is 0.465 e. The molecule has 0 bridgehead atoms. The van der Waals surface area contributed by atoms with Crippen LogP contribution in [0, 0.1) is 10.5 Å². The molecule has 1 fully saturated rings. The van der Waals surface area contributed by atoms with Crippen molar-refractivity contribution < 1.29 is 18.3 Å². The third kappa shape index (κ3) is 3.68. The number of carboxylic acid groups (broad SMARTS) is 1. The Balaban J connectivity index is 2.05. The molecule has 3 rings (SSSR count). The van der Waals surface area contributed by atoms with E-state index in [1.54, 1.807) is 24.3 Å². The summed E-state index contributed by atoms with van der Waals surface area (Å²) in [5.74, 6) is -0.112. The minimum atomic E-state index is -3.90. The molecule has 0 saturated carbocycles. The summed E-state index contributed by atoms with van der Waals surface area (Å²) in [5, 5.41) is 9.42. The van der Waals surface area contributed by atoms with Crippen LogP contribution in [0.15, 0.2) is 58.4 Å². The lowest BCUT2D eigenvalue weighted by atomic mass is 10.2. The Bertz CT molecular complexity index is 957. The van der Waals surface area contributed by atoms with Gasteiger partial charge in [0.05, 0.1) is 23.7 Å². The van der Waals surface area contributed by atoms with Gasteiger partial charge in [-0.3, -0.25) is 0 Å². The molecule has 0 atom stereocenters. The fraction of sp³-hybridized carbons (Fsp3) is 0.176. The van der Waals surface area contributed by atoms with Crippen molar-refractivity contribution in [3.8, 4) is 0 Å². The summed E-state index contributed by atoms with van der Waals surface area (Å²) in [6.45, 7) is 1.91. The smallest absolute Gasteiger partial charge is 0.414 e. The molecule has 2 aromatic carbocycles. The first-order valence-electron chi connectivity index (χ1n) is 7.73. The molecular weight excluding hydrogens is 469 g/mol. The zero-order valence-electron chi connectivity index (χ0n) is 13.8. The van der Waals surface area contributed by atoms with Crippen LogP contribution in [-0.4, -0.2) is 47.9 Å². The number of rotatable bonds is 3. The molecule has 2 aromatic rings. The molecule has 0 radical (unpaired) electrons. The Hall–Kier alpha value is -2.14. The highest BCUT2D eigenvalue weighted by atomic mass is 127. The topological polar surface area (TPSA) is 90.3 Å². The van der Waals surface area contributed by atoms with Crippen LogP contribution in [0.3, 0.4) is 0 Å². The van der Waals surface area contributed by atoms with Gasteiger partial charge in [-0.1, -0.05) is 17.7 Å². The van der Waals surface area contributed by atoms with Crippen LogP contribution in [0.1, 0.15) is 5.56 Å². The van der Waals surface area contributed by atoms with Crippen molar-refractivity contribution in [3.05, 3.63) is 57.7 Å². The summed E-state index contributed by atoms with van der Waals surface area (Å²) < 4.78 is 28.0. The Kier molecular flexibility index (Phi) is 5.19. The standard InChI is InChI=1S/C17H16IN3O4S/c1-12-2-8-15(9-3-12)26(24,25)21-11-10-20(17(22)23)16(21)19-14-6-4-13(18)5-7-14/h2-9H,10-11H2,1H3,(H,22,23)/b19-16+. The van der Waals surface area contributed by atoms with Crippen LogP contribution in [0.5, 0.6) is 0 Å². The SMILES string of the molecule is Cc1ccc(S(=O)(=O)N2CCN(C(=O)O)/C2=N\c2ccc(I)cc2)cc1. The van der Waals surface area contributed by atoms with Gasteiger partial charge in [0, 0.05) is 3.57 Å². The molecule has 0 aromatic heterocycles. The first-order valence-corrected chi connectivity index (χ1v) is 10.2. The van der Waals surface area contributed by atoms with Crippen molar-refractivity contribution in [1.29, 1.82) is 0 Å². The number of sulfonamides is 1. The molecule has 0 unspecified atom stereocenters. The average molecular weight is 485 g/mol. The molecule has 1 heterocycles. The van der Waals surface area contributed by atoms with Crippen molar-refractivity contribution in [2.45, 2.75) is 11.8 Å². The maximum Gasteiger partial charge on any atom is 0.414 e. The molecule has 1 saturated heterocycles. The summed E-state index contributed by atoms with van der Waals surface area (Å²) in [6.07, 6.45) is -1.24. The highest BCUT2D eigenvalue weighted by molar-refractivity contribution is 14.1. The third-order valence-corrected chi connectivity index (χ3v) is 6.40. The Labute approximate surface area is 165 Å². The number of nitrogens with zero attached hydrogens (tertiary/aromatic N) is 3. The van der Waals surface area contributed by atoms with E-state index in [1.807, 2.05) is 19.1 Å². The van der Waals surface area contributed by atoms with Gasteiger partial charge in [-0.05, 0) is 65.9 Å². The number of halogens is 1. The monoisotopic (exact) mass is 485 g/mol. The number of guanidine groups is 1. The number of hydrogen-bond acceptors (Lipinski definition) is 4. The number of hydrogen-bond donors (Lipinski definition) is 1. The fourth-order valence-corrected chi connectivity index (χ4v) is 4.29. The Morgan fingerprint density at radius 1 is 1.08 bits per heavy atom. The van der Waals surface area contributed by atoms with Crippen molar-refractivity contribution in [2.24, 2.45) is 4.99 Å². The molecule has 1 aliphatic rings. The van der Waals surface area contributed by atoms with Gasteiger partial charge in [-0.2, -0.15) is 0 Å². The fourth-order valence-electron chi connectivity index (χ4n) is 2.52. The van der Waals surface area contributed by atoms with Gasteiger partial charge in [0.2, 0.25) is 5.96 Å². The average Bonchev–Trinajstić information content (AvgIpc) is 3.02. The van der Waals surface area contributed by atoms with Crippen LogP contribution in [0.4, 0.5) is 10.5 Å². The molecule has 136 valence electrons. The van der Waals surface area contributed by atoms with Gasteiger partial charge >= 0.3 is 6.09 Å². The molecule has 1 N–H and O–H groups in total. The van der Waals surface area contributed by atoms with Gasteiger partial charge < -0.3 is 5.11 Å². The molecule has 7 nitrogen and oxygen atoms in total. The van der Waals surface area contributed by atoms with Gasteiger partial charge in [-0.25, -0.2) is 27.4 Å². The minimum absolute atomic E-state index is 0.0196. The molecular formula is C17H16IN3O4S. The van der Waals surface area contributed by atoms with E-state index in [4.69, 9.17) is 0 Å². The number of amides is 1. The van der Waals surface area contributed by atoms with Gasteiger partial charge in [0.1, 0.15) is 0 Å². The highest BCUT2D eigenvalue weighted by Crippen LogP contribution is 2.24. The number of benzene rings is 2. The maximum atomic E-state index is 13.0. The predicted molar refractivity (Wildman–Crippen MR) is 106 cm³/mol. The Morgan fingerprint density at radius 2 is 1.69 bits per heavy atom. The number of aliphatic imine (C=N–C) groups is 1. The van der Waals surface area contributed by atoms with Crippen molar-refractivity contribution in [3.63, 3.8) is 0 Å². The minimum Gasteiger partial charge on any atom is -0.465 e. The van der Waals surface area contributed by atoms with Crippen LogP contribution in [0.25, 0.3) is 0 Å². The normalized spacial score (nSPS) is 16.3. The van der Waals surface area contributed by atoms with E-state index in [9.17, 15) is 18.3 Å². The first-order chi connectivity index (χ1) is 12.3. The van der Waals surface area contributed by atoms with E-state index in [1.165, 1.54) is 12.1 Å². The quantitative estimate of drug-likeness (QED) is 0.676. The third-order valence-electron chi connectivity index (χ3n) is 3.89. The molecule has 1 aliphatic heterocycles. The second-order valence-corrected chi connectivity index (χ2v) is 8.82. The Morgan fingerprint density at radius 3 is 2.27 bits per heavy atom. The summed E-state index contributed by atoms with van der Waals surface area (Å²) in [4.78, 5) is 16.9. The van der Waals surface area contributed by atoms with Gasteiger partial charge in [0.15, 0.2) is 0 Å². The van der Waals surface area contributed by atoms with Crippen molar-refractivity contribution in [1.82, 2.24) is 9.21 Å². The van der Waals surface area contributed by atoms with E-state index < -0.39 is 16.1 Å². The summed E-state index contributed by atoms with van der Waals surface area (Å²) in [6, 6.07) is 13.5. The van der Waals surface area contributed by atoms with E-state index in [2.05, 4.69) is 27.6 Å². The van der Waals surface area contributed by atoms with Crippen LogP contribution in [-0.2, 0) is 10.0 Å². The van der Waals surface area contributed by atoms with Crippen molar-refractivity contribution >= 4 is 50.4 Å². The molecule has 0 aliphatic carbocycles. The van der Waals surface area contributed by atoms with E-state index in [0.29, 0.717) is 5.69 Å². The summed E-state index contributed by atoms with van der Waals surface area (Å²) >= 11 is 2.14. The van der Waals surface area contributed by atoms with Gasteiger partial charge in [0.25, 0.3) is 10.0 Å². The lowest BCUT2D eigenvalue weighted by molar-refractivity contribution is 0.172. The molecule has 1 amide bonds. The van der Waals surface area contributed by atoms with Crippen LogP contribution < -0.4 is 0 Å². The number of carbonyl (C=O) groups is 1. The summed E-state index contributed by atoms with van der Waals surface area (Å²) in [5.41, 5.74) is 1.42. The van der Waals surface area contributed by atoms with E-state index >= 15 is 0 Å². The van der Waals surface area contributed by atoms with Gasteiger partial charge in [-0.15, -0.1) is 0 Å². The highest BCUT2D eigenvalue weighted by Gasteiger charge is 2.39. The zero-order valence-corrected chi connectivity index (χ0v) is 16.8. The first kappa shape index (κ1) is 18.6. The van der Waals surface area contributed by atoms with E-state index in [-0.39, 0.29) is 23.9 Å². The second kappa shape index (κ2) is 7.23. The second-order valence-electron chi connectivity index (χ2n) is 5.71. The molecule has 9 heteroatoms. The van der Waals surface area contributed by atoms with Crippen LogP contribution >= 0.6 is 22.6 Å². The maximum absolute atomic E-state index is 13.0. The molecule has 0 spiro atoms. The van der Waals surface area contributed by atoms with Crippen LogP contribution in [0.2, 0.25) is 0 Å². The molecule has 26 heavy (non-hydrogen) atoms. The zero-order chi connectivity index (χ0) is 18.9. The summed E-state index contributed by atoms with van der Waals surface area (Å²) in [7, 11) is -3.90. The predicted octanol–water partition coefficient (Wildman–Crippen LogP) is 3.27. The number of aryl methyl sites for hydroxylation is 1. The van der Waals surface area contributed by atoms with E-state index in [0.717, 1.165) is 18.3 Å². The van der Waals surface area contributed by atoms with Crippen molar-refractivity contribution in [2.75, 3.05) is 13.1 Å². The lowest BCUT2D eigenvalue weighted by Crippen LogP contribution is -2.39. The lowest BCUT2D eigenvalue weighted by Gasteiger charge is -2.20.